The van der Waals surface area contributed by atoms with E-state index in [0.717, 1.165) is 11.1 Å². The fraction of sp³-hybridized carbons (Fsp3) is 0.417. The van der Waals surface area contributed by atoms with E-state index in [1.807, 2.05) is 88.4 Å². The van der Waals surface area contributed by atoms with E-state index < -0.39 is 17.4 Å². The number of amides is 1. The quantitative estimate of drug-likeness (QED) is 0.707. The van der Waals surface area contributed by atoms with Crippen LogP contribution in [0, 0.1) is 11.8 Å². The predicted octanol–water partition coefficient (Wildman–Crippen LogP) is 4.70. The minimum absolute atomic E-state index is 0.140. The fourth-order valence-electron chi connectivity index (χ4n) is 3.07. The lowest BCUT2D eigenvalue weighted by molar-refractivity contribution is -0.163. The van der Waals surface area contributed by atoms with E-state index in [0.29, 0.717) is 6.42 Å². The van der Waals surface area contributed by atoms with Crippen molar-refractivity contribution in [3.05, 3.63) is 71.8 Å². The van der Waals surface area contributed by atoms with Gasteiger partial charge in [-0.15, -0.1) is 0 Å². The van der Waals surface area contributed by atoms with Crippen molar-refractivity contribution in [2.45, 2.75) is 52.7 Å². The molecule has 150 valence electrons. The van der Waals surface area contributed by atoms with Gasteiger partial charge in [0.05, 0.1) is 17.9 Å². The second-order valence-corrected chi connectivity index (χ2v) is 8.26. The molecule has 0 aliphatic heterocycles. The maximum atomic E-state index is 13.1. The van der Waals surface area contributed by atoms with Crippen molar-refractivity contribution in [1.82, 2.24) is 5.32 Å². The first kappa shape index (κ1) is 21.7. The molecular weight excluding hydrogens is 350 g/mol. The lowest BCUT2D eigenvalue weighted by atomic mass is 9.86. The van der Waals surface area contributed by atoms with E-state index in [2.05, 4.69) is 5.32 Å². The van der Waals surface area contributed by atoms with Gasteiger partial charge in [0.1, 0.15) is 5.60 Å². The number of benzene rings is 2. The molecule has 2 aromatic carbocycles. The first-order valence-electron chi connectivity index (χ1n) is 9.79. The molecule has 28 heavy (non-hydrogen) atoms. The van der Waals surface area contributed by atoms with E-state index in [1.54, 1.807) is 6.92 Å². The summed E-state index contributed by atoms with van der Waals surface area (Å²) in [5.74, 6) is -1.56. The van der Waals surface area contributed by atoms with Crippen LogP contribution in [0.2, 0.25) is 0 Å². The normalized spacial score (nSPS) is 14.6. The minimum Gasteiger partial charge on any atom is -0.460 e. The van der Waals surface area contributed by atoms with Crippen LogP contribution in [0.5, 0.6) is 0 Å². The molecule has 1 N–H and O–H groups in total. The zero-order valence-corrected chi connectivity index (χ0v) is 17.4. The van der Waals surface area contributed by atoms with E-state index in [4.69, 9.17) is 4.74 Å². The van der Waals surface area contributed by atoms with Gasteiger partial charge >= 0.3 is 5.97 Å². The largest absolute Gasteiger partial charge is 0.460 e. The van der Waals surface area contributed by atoms with Crippen molar-refractivity contribution in [2.24, 2.45) is 11.8 Å². The van der Waals surface area contributed by atoms with E-state index in [9.17, 15) is 9.59 Å². The number of esters is 1. The molecule has 4 heteroatoms. The van der Waals surface area contributed by atoms with Crippen LogP contribution in [-0.4, -0.2) is 17.5 Å². The van der Waals surface area contributed by atoms with Crippen LogP contribution in [0.25, 0.3) is 0 Å². The molecule has 0 saturated carbocycles. The Morgan fingerprint density at radius 2 is 1.46 bits per heavy atom. The average Bonchev–Trinajstić information content (AvgIpc) is 2.65. The Morgan fingerprint density at radius 1 is 0.929 bits per heavy atom. The van der Waals surface area contributed by atoms with Gasteiger partial charge in [0.15, 0.2) is 0 Å². The number of rotatable bonds is 7. The monoisotopic (exact) mass is 381 g/mol. The van der Waals surface area contributed by atoms with Crippen molar-refractivity contribution in [3.8, 4) is 0 Å². The Hall–Kier alpha value is -2.62. The van der Waals surface area contributed by atoms with Crippen LogP contribution in [0.1, 0.15) is 51.8 Å². The Bertz CT molecular complexity index is 765. The SMILES string of the molecule is CC(C(=O)OC(C)(C)C)[C@H](Cc1ccccc1)C(=O)N[C@@H](C)c1ccccc1. The highest BCUT2D eigenvalue weighted by atomic mass is 16.6. The highest BCUT2D eigenvalue weighted by Crippen LogP contribution is 2.23. The van der Waals surface area contributed by atoms with Crippen LogP contribution in [0.3, 0.4) is 0 Å². The molecular formula is C24H31NO3. The molecule has 2 aromatic rings. The predicted molar refractivity (Wildman–Crippen MR) is 112 cm³/mol. The molecule has 0 bridgehead atoms. The summed E-state index contributed by atoms with van der Waals surface area (Å²) < 4.78 is 5.54. The van der Waals surface area contributed by atoms with E-state index in [1.165, 1.54) is 0 Å². The molecule has 0 fully saturated rings. The zero-order valence-electron chi connectivity index (χ0n) is 17.4. The molecule has 4 nitrogen and oxygen atoms in total. The van der Waals surface area contributed by atoms with Gasteiger partial charge in [-0.05, 0) is 45.2 Å². The van der Waals surface area contributed by atoms with Gasteiger partial charge in [-0.2, -0.15) is 0 Å². The summed E-state index contributed by atoms with van der Waals surface area (Å²) in [6, 6.07) is 19.4. The van der Waals surface area contributed by atoms with Gasteiger partial charge in [-0.25, -0.2) is 0 Å². The van der Waals surface area contributed by atoms with Crippen molar-refractivity contribution in [2.75, 3.05) is 0 Å². The summed E-state index contributed by atoms with van der Waals surface area (Å²) in [6.07, 6.45) is 0.481. The molecule has 0 aliphatic carbocycles. The number of hydrogen-bond donors (Lipinski definition) is 1. The second kappa shape index (κ2) is 9.54. The van der Waals surface area contributed by atoms with Gasteiger partial charge in [0, 0.05) is 0 Å². The van der Waals surface area contributed by atoms with Gasteiger partial charge in [-0.3, -0.25) is 9.59 Å². The summed E-state index contributed by atoms with van der Waals surface area (Å²) in [5, 5.41) is 3.07. The Labute approximate surface area is 168 Å². The second-order valence-electron chi connectivity index (χ2n) is 8.26. The third-order valence-electron chi connectivity index (χ3n) is 4.68. The minimum atomic E-state index is -0.587. The van der Waals surface area contributed by atoms with Crippen molar-refractivity contribution in [3.63, 3.8) is 0 Å². The van der Waals surface area contributed by atoms with E-state index in [-0.39, 0.29) is 17.9 Å². The first-order valence-corrected chi connectivity index (χ1v) is 9.79. The lowest BCUT2D eigenvalue weighted by Crippen LogP contribution is -2.41. The van der Waals surface area contributed by atoms with Crippen LogP contribution < -0.4 is 5.32 Å². The maximum Gasteiger partial charge on any atom is 0.309 e. The van der Waals surface area contributed by atoms with Crippen molar-refractivity contribution in [1.29, 1.82) is 0 Å². The number of hydrogen-bond acceptors (Lipinski definition) is 3. The maximum absolute atomic E-state index is 13.1. The zero-order chi connectivity index (χ0) is 20.7. The smallest absolute Gasteiger partial charge is 0.309 e. The molecule has 0 aromatic heterocycles. The van der Waals surface area contributed by atoms with E-state index >= 15 is 0 Å². The Balaban J connectivity index is 2.19. The van der Waals surface area contributed by atoms with Crippen LogP contribution in [0.4, 0.5) is 0 Å². The van der Waals surface area contributed by atoms with Crippen LogP contribution in [-0.2, 0) is 20.7 Å². The van der Waals surface area contributed by atoms with Crippen LogP contribution in [0.15, 0.2) is 60.7 Å². The standard InChI is InChI=1S/C24H31NO3/c1-17(23(27)28-24(3,4)5)21(16-19-12-8-6-9-13-19)22(26)25-18(2)20-14-10-7-11-15-20/h6-15,17-18,21H,16H2,1-5H3,(H,25,26)/t17?,18-,21-/m0/s1. The highest BCUT2D eigenvalue weighted by molar-refractivity contribution is 5.85. The Kier molecular flexibility index (Phi) is 7.38. The summed E-state index contributed by atoms with van der Waals surface area (Å²) in [5.41, 5.74) is 1.46. The van der Waals surface area contributed by atoms with Gasteiger partial charge in [-0.1, -0.05) is 67.6 Å². The Morgan fingerprint density at radius 3 is 2.00 bits per heavy atom. The number of carbonyl (C=O) groups excluding carboxylic acids is 2. The number of carbonyl (C=O) groups is 2. The molecule has 2 rings (SSSR count). The molecule has 0 radical (unpaired) electrons. The van der Waals surface area contributed by atoms with Crippen LogP contribution >= 0.6 is 0 Å². The molecule has 3 atom stereocenters. The fourth-order valence-corrected chi connectivity index (χ4v) is 3.07. The summed E-state index contributed by atoms with van der Waals surface area (Å²) in [7, 11) is 0. The molecule has 1 amide bonds. The van der Waals surface area contributed by atoms with Gasteiger partial charge < -0.3 is 10.1 Å². The summed E-state index contributed by atoms with van der Waals surface area (Å²) >= 11 is 0. The van der Waals surface area contributed by atoms with Gasteiger partial charge in [0.25, 0.3) is 0 Å². The third-order valence-corrected chi connectivity index (χ3v) is 4.68. The lowest BCUT2D eigenvalue weighted by Gasteiger charge is -2.27. The third kappa shape index (κ3) is 6.52. The number of nitrogens with one attached hydrogen (secondary N) is 1. The van der Waals surface area contributed by atoms with Gasteiger partial charge in [0.2, 0.25) is 5.91 Å². The highest BCUT2D eigenvalue weighted by Gasteiger charge is 2.34. The topological polar surface area (TPSA) is 55.4 Å². The molecule has 0 spiro atoms. The number of ether oxygens (including phenoxy) is 1. The van der Waals surface area contributed by atoms with Crippen molar-refractivity contribution >= 4 is 11.9 Å². The average molecular weight is 382 g/mol. The molecule has 0 aliphatic rings. The van der Waals surface area contributed by atoms with Crippen molar-refractivity contribution < 1.29 is 14.3 Å². The molecule has 1 unspecified atom stereocenters. The first-order chi connectivity index (χ1) is 13.2. The summed E-state index contributed by atoms with van der Waals surface area (Å²) in [6.45, 7) is 9.23. The summed E-state index contributed by atoms with van der Waals surface area (Å²) in [4.78, 5) is 25.8. The molecule has 0 saturated heterocycles. The molecule has 0 heterocycles.